The molecule has 0 amide bonds. The molecule has 3 nitrogen and oxygen atoms in total. The lowest BCUT2D eigenvalue weighted by Crippen LogP contribution is -2.45. The van der Waals surface area contributed by atoms with Gasteiger partial charge in [-0.1, -0.05) is 13.3 Å². The first kappa shape index (κ1) is 12.0. The van der Waals surface area contributed by atoms with E-state index in [1.54, 1.807) is 0 Å². The quantitative estimate of drug-likeness (QED) is 0.710. The second-order valence-corrected chi connectivity index (χ2v) is 4.25. The van der Waals surface area contributed by atoms with E-state index in [1.165, 1.54) is 25.8 Å². The fourth-order valence-electron chi connectivity index (χ4n) is 2.19. The lowest BCUT2D eigenvalue weighted by atomic mass is 10.0. The van der Waals surface area contributed by atoms with Gasteiger partial charge < -0.3 is 10.0 Å². The number of likely N-dealkylation sites (tertiary alicyclic amines) is 1. The average molecular weight is 200 g/mol. The Balaban J connectivity index is 2.31. The Morgan fingerprint density at radius 2 is 2.21 bits per heavy atom. The standard InChI is InChI=1S/C11H24N2O/c1-3-13(8-9-14)10-11-6-4-5-7-12(11)2/h11,14H,3-10H2,1-2H3/t11-/m1/s1. The van der Waals surface area contributed by atoms with Crippen molar-refractivity contribution in [3.63, 3.8) is 0 Å². The van der Waals surface area contributed by atoms with Gasteiger partial charge in [0.1, 0.15) is 0 Å². The highest BCUT2D eigenvalue weighted by atomic mass is 16.3. The van der Waals surface area contributed by atoms with E-state index in [0.29, 0.717) is 6.04 Å². The third-order valence-electron chi connectivity index (χ3n) is 3.25. The molecule has 0 aromatic heterocycles. The highest BCUT2D eigenvalue weighted by molar-refractivity contribution is 4.77. The summed E-state index contributed by atoms with van der Waals surface area (Å²) in [4.78, 5) is 4.80. The van der Waals surface area contributed by atoms with Gasteiger partial charge in [0.15, 0.2) is 0 Å². The smallest absolute Gasteiger partial charge is 0.0558 e. The Labute approximate surface area is 87.7 Å². The molecule has 1 heterocycles. The molecule has 1 rings (SSSR count). The second kappa shape index (κ2) is 6.38. The van der Waals surface area contributed by atoms with Gasteiger partial charge in [0, 0.05) is 19.1 Å². The normalized spacial score (nSPS) is 24.4. The summed E-state index contributed by atoms with van der Waals surface area (Å²) in [6.07, 6.45) is 4.03. The van der Waals surface area contributed by atoms with Crippen LogP contribution in [-0.2, 0) is 0 Å². The van der Waals surface area contributed by atoms with Crippen molar-refractivity contribution in [1.82, 2.24) is 9.80 Å². The molecule has 0 radical (unpaired) electrons. The zero-order valence-corrected chi connectivity index (χ0v) is 9.58. The van der Waals surface area contributed by atoms with Crippen LogP contribution in [0.15, 0.2) is 0 Å². The molecule has 84 valence electrons. The Kier molecular flexibility index (Phi) is 5.45. The van der Waals surface area contributed by atoms with Crippen LogP contribution >= 0.6 is 0 Å². The van der Waals surface area contributed by atoms with Crippen LogP contribution in [0.2, 0.25) is 0 Å². The molecule has 0 unspecified atom stereocenters. The maximum atomic E-state index is 8.91. The predicted molar refractivity (Wildman–Crippen MR) is 59.5 cm³/mol. The van der Waals surface area contributed by atoms with E-state index in [2.05, 4.69) is 23.8 Å². The third kappa shape index (κ3) is 3.56. The fraction of sp³-hybridized carbons (Fsp3) is 1.00. The van der Waals surface area contributed by atoms with Gasteiger partial charge >= 0.3 is 0 Å². The molecule has 0 aliphatic carbocycles. The number of hydrogen-bond donors (Lipinski definition) is 1. The Morgan fingerprint density at radius 1 is 1.43 bits per heavy atom. The highest BCUT2D eigenvalue weighted by Gasteiger charge is 2.20. The topological polar surface area (TPSA) is 26.7 Å². The van der Waals surface area contributed by atoms with Crippen molar-refractivity contribution in [1.29, 1.82) is 0 Å². The van der Waals surface area contributed by atoms with E-state index in [1.807, 2.05) is 0 Å². The molecule has 0 aromatic rings. The van der Waals surface area contributed by atoms with E-state index in [-0.39, 0.29) is 6.61 Å². The van der Waals surface area contributed by atoms with Crippen molar-refractivity contribution in [3.05, 3.63) is 0 Å². The minimum atomic E-state index is 0.282. The molecule has 3 heteroatoms. The second-order valence-electron chi connectivity index (χ2n) is 4.25. The zero-order chi connectivity index (χ0) is 10.4. The summed E-state index contributed by atoms with van der Waals surface area (Å²) in [6.45, 7) is 6.67. The SMILES string of the molecule is CCN(CCO)C[C@H]1CCCCN1C. The molecule has 1 aliphatic rings. The van der Waals surface area contributed by atoms with Gasteiger partial charge in [-0.05, 0) is 33.0 Å². The van der Waals surface area contributed by atoms with Gasteiger partial charge in [0.2, 0.25) is 0 Å². The van der Waals surface area contributed by atoms with Crippen LogP contribution in [0.25, 0.3) is 0 Å². The lowest BCUT2D eigenvalue weighted by Gasteiger charge is -2.35. The van der Waals surface area contributed by atoms with Crippen molar-refractivity contribution in [3.8, 4) is 0 Å². The van der Waals surface area contributed by atoms with Crippen LogP contribution < -0.4 is 0 Å². The fourth-order valence-corrected chi connectivity index (χ4v) is 2.19. The number of aliphatic hydroxyl groups is 1. The number of piperidine rings is 1. The molecular formula is C11H24N2O. The van der Waals surface area contributed by atoms with Crippen LogP contribution in [0.3, 0.4) is 0 Å². The summed E-state index contributed by atoms with van der Waals surface area (Å²) in [5.74, 6) is 0. The first-order valence-corrected chi connectivity index (χ1v) is 5.81. The molecule has 1 aliphatic heterocycles. The van der Waals surface area contributed by atoms with Crippen LogP contribution in [0, 0.1) is 0 Å². The number of hydrogen-bond acceptors (Lipinski definition) is 3. The van der Waals surface area contributed by atoms with E-state index in [4.69, 9.17) is 5.11 Å². The molecule has 1 fully saturated rings. The Morgan fingerprint density at radius 3 is 2.79 bits per heavy atom. The van der Waals surface area contributed by atoms with Gasteiger partial charge in [-0.15, -0.1) is 0 Å². The number of aliphatic hydroxyl groups excluding tert-OH is 1. The minimum Gasteiger partial charge on any atom is -0.395 e. The van der Waals surface area contributed by atoms with Gasteiger partial charge in [-0.3, -0.25) is 4.90 Å². The van der Waals surface area contributed by atoms with Crippen molar-refractivity contribution in [2.24, 2.45) is 0 Å². The van der Waals surface area contributed by atoms with Crippen molar-refractivity contribution in [2.75, 3.05) is 39.8 Å². The maximum Gasteiger partial charge on any atom is 0.0558 e. The van der Waals surface area contributed by atoms with Crippen LogP contribution in [0.5, 0.6) is 0 Å². The number of rotatable bonds is 5. The Hall–Kier alpha value is -0.120. The van der Waals surface area contributed by atoms with Gasteiger partial charge in [0.05, 0.1) is 6.61 Å². The Bertz CT molecular complexity index is 152. The summed E-state index contributed by atoms with van der Waals surface area (Å²) in [6, 6.07) is 0.704. The summed E-state index contributed by atoms with van der Waals surface area (Å²) >= 11 is 0. The molecular weight excluding hydrogens is 176 g/mol. The van der Waals surface area contributed by atoms with Crippen LogP contribution in [0.4, 0.5) is 0 Å². The summed E-state index contributed by atoms with van der Waals surface area (Å²) in [5.41, 5.74) is 0. The van der Waals surface area contributed by atoms with Gasteiger partial charge in [-0.2, -0.15) is 0 Å². The van der Waals surface area contributed by atoms with E-state index >= 15 is 0 Å². The van der Waals surface area contributed by atoms with Crippen LogP contribution in [-0.4, -0.2) is 60.8 Å². The van der Waals surface area contributed by atoms with Crippen molar-refractivity contribution < 1.29 is 5.11 Å². The molecule has 1 saturated heterocycles. The summed E-state index contributed by atoms with van der Waals surface area (Å²) in [5, 5.41) is 8.91. The van der Waals surface area contributed by atoms with Crippen LogP contribution in [0.1, 0.15) is 26.2 Å². The lowest BCUT2D eigenvalue weighted by molar-refractivity contribution is 0.117. The molecule has 0 saturated carbocycles. The number of nitrogens with zero attached hydrogens (tertiary/aromatic N) is 2. The molecule has 0 bridgehead atoms. The third-order valence-corrected chi connectivity index (χ3v) is 3.25. The predicted octanol–water partition coefficient (Wildman–Crippen LogP) is 0.785. The first-order chi connectivity index (χ1) is 6.77. The largest absolute Gasteiger partial charge is 0.395 e. The van der Waals surface area contributed by atoms with Gasteiger partial charge in [-0.25, -0.2) is 0 Å². The zero-order valence-electron chi connectivity index (χ0n) is 9.58. The first-order valence-electron chi connectivity index (χ1n) is 5.81. The molecule has 14 heavy (non-hydrogen) atoms. The average Bonchev–Trinajstić information content (AvgIpc) is 2.20. The minimum absolute atomic E-state index is 0.282. The van der Waals surface area contributed by atoms with Crippen molar-refractivity contribution >= 4 is 0 Å². The monoisotopic (exact) mass is 200 g/mol. The summed E-state index contributed by atoms with van der Waals surface area (Å²) in [7, 11) is 2.22. The van der Waals surface area contributed by atoms with E-state index < -0.39 is 0 Å². The summed E-state index contributed by atoms with van der Waals surface area (Å²) < 4.78 is 0. The van der Waals surface area contributed by atoms with Crippen molar-refractivity contribution in [2.45, 2.75) is 32.2 Å². The maximum absolute atomic E-state index is 8.91. The van der Waals surface area contributed by atoms with E-state index in [0.717, 1.165) is 19.6 Å². The molecule has 1 N–H and O–H groups in total. The molecule has 1 atom stereocenters. The highest BCUT2D eigenvalue weighted by Crippen LogP contribution is 2.15. The van der Waals surface area contributed by atoms with Gasteiger partial charge in [0.25, 0.3) is 0 Å². The molecule has 0 spiro atoms. The number of likely N-dealkylation sites (N-methyl/N-ethyl adjacent to an activating group) is 2. The van der Waals surface area contributed by atoms with E-state index in [9.17, 15) is 0 Å². The molecule has 0 aromatic carbocycles.